The highest BCUT2D eigenvalue weighted by molar-refractivity contribution is 6.02. The average Bonchev–Trinajstić information content (AvgIpc) is 2.47. The first-order chi connectivity index (χ1) is 8.88. The van der Waals surface area contributed by atoms with Gasteiger partial charge in [0, 0.05) is 5.56 Å². The summed E-state index contributed by atoms with van der Waals surface area (Å²) in [7, 11) is 0. The van der Waals surface area contributed by atoms with Gasteiger partial charge in [-0.1, -0.05) is 36.6 Å². The first kappa shape index (κ1) is 11.8. The minimum absolute atomic E-state index is 0.728. The predicted molar refractivity (Wildman–Crippen MR) is 73.5 cm³/mol. The highest BCUT2D eigenvalue weighted by Gasteiger charge is 2.20. The fourth-order valence-corrected chi connectivity index (χ4v) is 3.46. The lowest BCUT2D eigenvalue weighted by Gasteiger charge is -2.24. The summed E-state index contributed by atoms with van der Waals surface area (Å²) in [5.41, 5.74) is 4.89. The van der Waals surface area contributed by atoms with Gasteiger partial charge in [-0.15, -0.1) is 0 Å². The van der Waals surface area contributed by atoms with Crippen molar-refractivity contribution in [3.8, 4) is 0 Å². The Labute approximate surface area is 109 Å². The molecule has 0 unspecified atom stereocenters. The maximum Gasteiger partial charge on any atom is 0.0870 e. The third kappa shape index (κ3) is 2.16. The molecule has 0 aromatic heterocycles. The molecule has 1 N–H and O–H groups in total. The number of oxime groups is 1. The number of hydrogen-bond acceptors (Lipinski definition) is 2. The van der Waals surface area contributed by atoms with Crippen LogP contribution in [0.4, 0.5) is 0 Å². The Morgan fingerprint density at radius 2 is 1.83 bits per heavy atom. The molecule has 2 heteroatoms. The monoisotopic (exact) mass is 243 g/mol. The zero-order valence-corrected chi connectivity index (χ0v) is 10.9. The van der Waals surface area contributed by atoms with Crippen LogP contribution in [0.2, 0.25) is 0 Å². The quantitative estimate of drug-likeness (QED) is 0.580. The molecule has 96 valence electrons. The highest BCUT2D eigenvalue weighted by atomic mass is 16.4. The maximum absolute atomic E-state index is 9.13. The average molecular weight is 243 g/mol. The zero-order valence-electron chi connectivity index (χ0n) is 10.9. The Morgan fingerprint density at radius 1 is 1.00 bits per heavy atom. The molecule has 3 rings (SSSR count). The molecule has 0 bridgehead atoms. The molecule has 0 amide bonds. The van der Waals surface area contributed by atoms with Crippen molar-refractivity contribution < 1.29 is 5.21 Å². The molecule has 1 aromatic rings. The molecule has 2 aliphatic carbocycles. The minimum atomic E-state index is 0.728. The molecule has 0 aliphatic heterocycles. The van der Waals surface area contributed by atoms with Crippen LogP contribution in [0.3, 0.4) is 0 Å². The topological polar surface area (TPSA) is 32.6 Å². The van der Waals surface area contributed by atoms with Gasteiger partial charge in [0.2, 0.25) is 0 Å². The Balaban J connectivity index is 1.93. The molecule has 1 fully saturated rings. The third-order valence-corrected chi connectivity index (χ3v) is 4.50. The lowest BCUT2D eigenvalue weighted by molar-refractivity contribution is 0.317. The van der Waals surface area contributed by atoms with Crippen LogP contribution < -0.4 is 0 Å². The van der Waals surface area contributed by atoms with Gasteiger partial charge < -0.3 is 5.21 Å². The van der Waals surface area contributed by atoms with Gasteiger partial charge in [-0.25, -0.2) is 0 Å². The van der Waals surface area contributed by atoms with Crippen LogP contribution in [-0.2, 0) is 6.42 Å². The Bertz CT molecular complexity index is 458. The van der Waals surface area contributed by atoms with Crippen LogP contribution in [0, 0.1) is 0 Å². The van der Waals surface area contributed by atoms with E-state index in [4.69, 9.17) is 5.21 Å². The Morgan fingerprint density at radius 3 is 2.61 bits per heavy atom. The van der Waals surface area contributed by atoms with Crippen LogP contribution >= 0.6 is 0 Å². The Hall–Kier alpha value is -1.31. The van der Waals surface area contributed by atoms with Gasteiger partial charge in [0.1, 0.15) is 0 Å². The van der Waals surface area contributed by atoms with E-state index in [-0.39, 0.29) is 0 Å². The first-order valence-electron chi connectivity index (χ1n) is 7.22. The summed E-state index contributed by atoms with van der Waals surface area (Å²) in [5.74, 6) is 0.728. The summed E-state index contributed by atoms with van der Waals surface area (Å²) in [6, 6.07) is 6.85. The molecule has 18 heavy (non-hydrogen) atoms. The van der Waals surface area contributed by atoms with Crippen molar-refractivity contribution in [1.29, 1.82) is 0 Å². The van der Waals surface area contributed by atoms with Crippen LogP contribution in [0.15, 0.2) is 23.4 Å². The second kappa shape index (κ2) is 5.13. The SMILES string of the molecule is ON=C1CCCc2ccc(C3CCCCC3)cc21. The third-order valence-electron chi connectivity index (χ3n) is 4.50. The predicted octanol–water partition coefficient (Wildman–Crippen LogP) is 4.25. The van der Waals surface area contributed by atoms with Crippen molar-refractivity contribution in [2.45, 2.75) is 57.3 Å². The van der Waals surface area contributed by atoms with E-state index < -0.39 is 0 Å². The second-order valence-corrected chi connectivity index (χ2v) is 5.65. The van der Waals surface area contributed by atoms with Crippen molar-refractivity contribution in [3.63, 3.8) is 0 Å². The van der Waals surface area contributed by atoms with E-state index in [1.807, 2.05) is 0 Å². The molecule has 0 heterocycles. The van der Waals surface area contributed by atoms with Crippen LogP contribution in [-0.4, -0.2) is 10.9 Å². The number of nitrogens with zero attached hydrogens (tertiary/aromatic N) is 1. The van der Waals surface area contributed by atoms with Crippen molar-refractivity contribution in [3.05, 3.63) is 34.9 Å². The molecule has 2 aliphatic rings. The number of aryl methyl sites for hydroxylation is 1. The molecule has 2 nitrogen and oxygen atoms in total. The smallest absolute Gasteiger partial charge is 0.0870 e. The summed E-state index contributed by atoms with van der Waals surface area (Å²) in [4.78, 5) is 0. The maximum atomic E-state index is 9.13. The molecule has 1 saturated carbocycles. The molecule has 0 atom stereocenters. The van der Waals surface area contributed by atoms with E-state index in [9.17, 15) is 0 Å². The standard InChI is InChI=1S/C16H21NO/c18-17-16-8-4-7-13-9-10-14(11-15(13)16)12-5-2-1-3-6-12/h9-12,18H,1-8H2. The van der Waals surface area contributed by atoms with E-state index in [1.165, 1.54) is 48.8 Å². The number of fused-ring (bicyclic) bond motifs is 1. The van der Waals surface area contributed by atoms with Gasteiger partial charge in [-0.3, -0.25) is 0 Å². The minimum Gasteiger partial charge on any atom is -0.411 e. The van der Waals surface area contributed by atoms with Crippen molar-refractivity contribution >= 4 is 5.71 Å². The van der Waals surface area contributed by atoms with Gasteiger partial charge in [0.15, 0.2) is 0 Å². The fraction of sp³-hybridized carbons (Fsp3) is 0.562. The van der Waals surface area contributed by atoms with Crippen molar-refractivity contribution in [2.75, 3.05) is 0 Å². The van der Waals surface area contributed by atoms with E-state index in [0.29, 0.717) is 0 Å². The summed E-state index contributed by atoms with van der Waals surface area (Å²) in [6.07, 6.45) is 9.91. The number of hydrogen-bond donors (Lipinski definition) is 1. The zero-order chi connectivity index (χ0) is 12.4. The van der Waals surface area contributed by atoms with E-state index in [1.54, 1.807) is 0 Å². The molecule has 0 saturated heterocycles. The molecular weight excluding hydrogens is 222 g/mol. The second-order valence-electron chi connectivity index (χ2n) is 5.65. The Kier molecular flexibility index (Phi) is 3.35. The lowest BCUT2D eigenvalue weighted by Crippen LogP contribution is -2.14. The van der Waals surface area contributed by atoms with Gasteiger partial charge >= 0.3 is 0 Å². The summed E-state index contributed by atoms with van der Waals surface area (Å²) < 4.78 is 0. The molecule has 0 radical (unpaired) electrons. The molecular formula is C16H21NO. The van der Waals surface area contributed by atoms with Gasteiger partial charge in [-0.2, -0.15) is 0 Å². The summed E-state index contributed by atoms with van der Waals surface area (Å²) in [5, 5.41) is 12.6. The van der Waals surface area contributed by atoms with E-state index >= 15 is 0 Å². The molecule has 0 spiro atoms. The number of rotatable bonds is 1. The van der Waals surface area contributed by atoms with Gasteiger partial charge in [-0.05, 0) is 55.2 Å². The number of benzene rings is 1. The largest absolute Gasteiger partial charge is 0.411 e. The summed E-state index contributed by atoms with van der Waals surface area (Å²) >= 11 is 0. The van der Waals surface area contributed by atoms with Crippen LogP contribution in [0.25, 0.3) is 0 Å². The van der Waals surface area contributed by atoms with E-state index in [2.05, 4.69) is 23.4 Å². The highest BCUT2D eigenvalue weighted by Crippen LogP contribution is 2.34. The first-order valence-corrected chi connectivity index (χ1v) is 7.22. The normalized spacial score (nSPS) is 23.0. The van der Waals surface area contributed by atoms with Gasteiger partial charge in [0.25, 0.3) is 0 Å². The summed E-state index contributed by atoms with van der Waals surface area (Å²) in [6.45, 7) is 0. The lowest BCUT2D eigenvalue weighted by atomic mass is 9.81. The van der Waals surface area contributed by atoms with Crippen LogP contribution in [0.1, 0.15) is 67.6 Å². The van der Waals surface area contributed by atoms with Crippen molar-refractivity contribution in [1.82, 2.24) is 0 Å². The van der Waals surface area contributed by atoms with Crippen molar-refractivity contribution in [2.24, 2.45) is 5.16 Å². The van der Waals surface area contributed by atoms with Gasteiger partial charge in [0.05, 0.1) is 5.71 Å². The molecule has 1 aromatic carbocycles. The fourth-order valence-electron chi connectivity index (χ4n) is 3.46. The van der Waals surface area contributed by atoms with E-state index in [0.717, 1.165) is 30.9 Å². The van der Waals surface area contributed by atoms with Crippen LogP contribution in [0.5, 0.6) is 0 Å².